The Morgan fingerprint density at radius 3 is 2.75 bits per heavy atom. The fourth-order valence-corrected chi connectivity index (χ4v) is 1.05. The van der Waals surface area contributed by atoms with Crippen molar-refractivity contribution >= 4 is 5.91 Å². The molecule has 0 aromatic rings. The number of amides is 1. The van der Waals surface area contributed by atoms with Crippen molar-refractivity contribution in [3.8, 4) is 0 Å². The molecule has 6 heteroatoms. The third-order valence-corrected chi connectivity index (χ3v) is 2.09. The molecule has 6 nitrogen and oxygen atoms in total. The van der Waals surface area contributed by atoms with E-state index in [1.807, 2.05) is 0 Å². The minimum Gasteiger partial charge on any atom is -0.394 e. The van der Waals surface area contributed by atoms with Crippen molar-refractivity contribution in [2.24, 2.45) is 0 Å². The molecule has 0 bridgehead atoms. The zero-order valence-corrected chi connectivity index (χ0v) is 9.90. The summed E-state index contributed by atoms with van der Waals surface area (Å²) in [6, 6.07) is -0.385. The summed E-state index contributed by atoms with van der Waals surface area (Å²) in [6.07, 6.45) is -0.0578. The molecule has 4 N–H and O–H groups in total. The molecule has 16 heavy (non-hydrogen) atoms. The molecule has 0 saturated carbocycles. The lowest BCUT2D eigenvalue weighted by Crippen LogP contribution is -2.45. The summed E-state index contributed by atoms with van der Waals surface area (Å²) in [5.41, 5.74) is 0. The fraction of sp³-hybridized carbons (Fsp3) is 0.900. The van der Waals surface area contributed by atoms with E-state index in [0.717, 1.165) is 6.42 Å². The first kappa shape index (κ1) is 15.3. The molecule has 96 valence electrons. The van der Waals surface area contributed by atoms with E-state index >= 15 is 0 Å². The Kier molecular flexibility index (Phi) is 9.12. The number of rotatable bonds is 9. The Morgan fingerprint density at radius 2 is 2.19 bits per heavy atom. The molecule has 0 aromatic heterocycles. The van der Waals surface area contributed by atoms with Crippen molar-refractivity contribution in [2.45, 2.75) is 25.5 Å². The van der Waals surface area contributed by atoms with E-state index in [2.05, 4.69) is 10.6 Å². The van der Waals surface area contributed by atoms with Crippen molar-refractivity contribution < 1.29 is 19.7 Å². The number of carbonyl (C=O) groups is 1. The molecule has 0 radical (unpaired) electrons. The van der Waals surface area contributed by atoms with E-state index < -0.39 is 6.10 Å². The molecule has 0 aromatic carbocycles. The fourth-order valence-electron chi connectivity index (χ4n) is 1.05. The minimum atomic E-state index is -0.830. The Labute approximate surface area is 96.0 Å². The van der Waals surface area contributed by atoms with Crippen LogP contribution in [0.25, 0.3) is 0 Å². The van der Waals surface area contributed by atoms with E-state index in [4.69, 9.17) is 14.9 Å². The molecular weight excluding hydrogens is 212 g/mol. The number of aliphatic hydroxyl groups excluding tert-OH is 2. The van der Waals surface area contributed by atoms with Gasteiger partial charge in [0.25, 0.3) is 0 Å². The van der Waals surface area contributed by atoms with Gasteiger partial charge < -0.3 is 25.6 Å². The van der Waals surface area contributed by atoms with Crippen LogP contribution in [0.1, 0.15) is 13.3 Å². The summed E-state index contributed by atoms with van der Waals surface area (Å²) < 4.78 is 4.85. The van der Waals surface area contributed by atoms with Crippen LogP contribution in [-0.2, 0) is 9.53 Å². The van der Waals surface area contributed by atoms with Gasteiger partial charge in [-0.2, -0.15) is 0 Å². The van der Waals surface area contributed by atoms with Gasteiger partial charge in [-0.3, -0.25) is 4.79 Å². The maximum Gasteiger partial charge on any atom is 0.236 e. The van der Waals surface area contributed by atoms with E-state index in [0.29, 0.717) is 13.2 Å². The lowest BCUT2D eigenvalue weighted by molar-refractivity contribution is -0.122. The van der Waals surface area contributed by atoms with E-state index in [1.165, 1.54) is 0 Å². The number of nitrogens with one attached hydrogen (secondary N) is 2. The normalized spacial score (nSPS) is 14.5. The molecule has 0 fully saturated rings. The third-order valence-electron chi connectivity index (χ3n) is 2.09. The average Bonchev–Trinajstić information content (AvgIpc) is 2.30. The molecule has 0 rings (SSSR count). The van der Waals surface area contributed by atoms with Gasteiger partial charge in [0.2, 0.25) is 5.91 Å². The highest BCUT2D eigenvalue weighted by atomic mass is 16.5. The lowest BCUT2D eigenvalue weighted by atomic mass is 10.2. The first-order chi connectivity index (χ1) is 7.61. The van der Waals surface area contributed by atoms with Crippen molar-refractivity contribution in [3.63, 3.8) is 0 Å². The quantitative estimate of drug-likeness (QED) is 0.363. The van der Waals surface area contributed by atoms with E-state index in [1.54, 1.807) is 14.0 Å². The summed E-state index contributed by atoms with van der Waals surface area (Å²) >= 11 is 0. The summed E-state index contributed by atoms with van der Waals surface area (Å²) in [7, 11) is 1.61. The van der Waals surface area contributed by atoms with Crippen LogP contribution in [0.2, 0.25) is 0 Å². The van der Waals surface area contributed by atoms with Gasteiger partial charge in [-0.1, -0.05) is 0 Å². The number of methoxy groups -OCH3 is 1. The lowest BCUT2D eigenvalue weighted by Gasteiger charge is -2.15. The molecule has 0 aliphatic carbocycles. The van der Waals surface area contributed by atoms with Crippen LogP contribution < -0.4 is 10.6 Å². The van der Waals surface area contributed by atoms with Crippen LogP contribution >= 0.6 is 0 Å². The van der Waals surface area contributed by atoms with E-state index in [9.17, 15) is 4.79 Å². The Bertz CT molecular complexity index is 190. The van der Waals surface area contributed by atoms with Gasteiger partial charge in [-0.05, 0) is 13.3 Å². The van der Waals surface area contributed by atoms with Gasteiger partial charge in [-0.15, -0.1) is 0 Å². The van der Waals surface area contributed by atoms with Crippen LogP contribution in [0.4, 0.5) is 0 Å². The van der Waals surface area contributed by atoms with Gasteiger partial charge in [0.1, 0.15) is 0 Å². The predicted octanol–water partition coefficient (Wildman–Crippen LogP) is -1.53. The smallest absolute Gasteiger partial charge is 0.236 e. The number of carbonyl (C=O) groups excluding carboxylic acids is 1. The molecular formula is C10H22N2O4. The second-order valence-corrected chi connectivity index (χ2v) is 3.60. The van der Waals surface area contributed by atoms with Gasteiger partial charge in [0.15, 0.2) is 0 Å². The van der Waals surface area contributed by atoms with Crippen LogP contribution in [0.3, 0.4) is 0 Å². The number of aliphatic hydroxyl groups is 2. The van der Waals surface area contributed by atoms with Crippen LogP contribution in [0.5, 0.6) is 0 Å². The highest BCUT2D eigenvalue weighted by molar-refractivity contribution is 5.81. The second kappa shape index (κ2) is 9.53. The Hall–Kier alpha value is -0.690. The first-order valence-corrected chi connectivity index (χ1v) is 5.40. The highest BCUT2D eigenvalue weighted by Gasteiger charge is 2.12. The molecule has 0 aliphatic heterocycles. The van der Waals surface area contributed by atoms with Gasteiger partial charge in [0.05, 0.1) is 18.8 Å². The molecule has 2 unspecified atom stereocenters. The third kappa shape index (κ3) is 7.58. The van der Waals surface area contributed by atoms with Crippen molar-refractivity contribution in [2.75, 3.05) is 33.4 Å². The Morgan fingerprint density at radius 1 is 1.50 bits per heavy atom. The first-order valence-electron chi connectivity index (χ1n) is 5.40. The second-order valence-electron chi connectivity index (χ2n) is 3.60. The maximum atomic E-state index is 11.4. The van der Waals surface area contributed by atoms with Crippen LogP contribution in [0.15, 0.2) is 0 Å². The van der Waals surface area contributed by atoms with Gasteiger partial charge >= 0.3 is 0 Å². The van der Waals surface area contributed by atoms with E-state index in [-0.39, 0.29) is 25.1 Å². The molecule has 0 spiro atoms. The molecule has 1 amide bonds. The highest BCUT2D eigenvalue weighted by Crippen LogP contribution is 1.85. The van der Waals surface area contributed by atoms with Crippen molar-refractivity contribution in [1.29, 1.82) is 0 Å². The minimum absolute atomic E-state index is 0.124. The zero-order valence-electron chi connectivity index (χ0n) is 9.90. The number of hydrogen-bond acceptors (Lipinski definition) is 5. The maximum absolute atomic E-state index is 11.4. The zero-order chi connectivity index (χ0) is 12.4. The predicted molar refractivity (Wildman–Crippen MR) is 60.1 cm³/mol. The summed E-state index contributed by atoms with van der Waals surface area (Å²) in [4.78, 5) is 11.4. The van der Waals surface area contributed by atoms with Crippen molar-refractivity contribution in [3.05, 3.63) is 0 Å². The number of hydrogen-bond donors (Lipinski definition) is 4. The largest absolute Gasteiger partial charge is 0.394 e. The topological polar surface area (TPSA) is 90.8 Å². The standard InChI is InChI=1S/C10H22N2O4/c1-8(12-6-9(14)7-13)10(15)11-4-3-5-16-2/h8-9,12-14H,3-7H2,1-2H3,(H,11,15). The molecule has 2 atom stereocenters. The average molecular weight is 234 g/mol. The SMILES string of the molecule is COCCCNC(=O)C(C)NCC(O)CO. The number of ether oxygens (including phenoxy) is 1. The van der Waals surface area contributed by atoms with Crippen molar-refractivity contribution in [1.82, 2.24) is 10.6 Å². The molecule has 0 heterocycles. The van der Waals surface area contributed by atoms with Gasteiger partial charge in [0, 0.05) is 26.8 Å². The summed E-state index contributed by atoms with van der Waals surface area (Å²) in [6.45, 7) is 2.78. The van der Waals surface area contributed by atoms with Crippen LogP contribution in [0, 0.1) is 0 Å². The van der Waals surface area contributed by atoms with Crippen LogP contribution in [-0.4, -0.2) is 61.7 Å². The Balaban J connectivity index is 3.57. The summed E-state index contributed by atoms with van der Waals surface area (Å²) in [5, 5.41) is 23.2. The monoisotopic (exact) mass is 234 g/mol. The molecule has 0 aliphatic rings. The summed E-state index contributed by atoms with van der Waals surface area (Å²) in [5.74, 6) is -0.124. The molecule has 0 saturated heterocycles. The van der Waals surface area contributed by atoms with Gasteiger partial charge in [-0.25, -0.2) is 0 Å².